The second-order valence-electron chi connectivity index (χ2n) is 7.79. The van der Waals surface area contributed by atoms with Crippen LogP contribution in [0.1, 0.15) is 12.2 Å². The Bertz CT molecular complexity index is 1110. The van der Waals surface area contributed by atoms with Crippen LogP contribution in [-0.4, -0.2) is 92.1 Å². The Morgan fingerprint density at radius 2 is 1.39 bits per heavy atom. The van der Waals surface area contributed by atoms with Gasteiger partial charge in [0, 0.05) is 45.0 Å². The van der Waals surface area contributed by atoms with Crippen LogP contribution in [0.25, 0.3) is 11.0 Å². The van der Waals surface area contributed by atoms with Crippen molar-refractivity contribution in [3.63, 3.8) is 0 Å². The van der Waals surface area contributed by atoms with E-state index in [4.69, 9.17) is 19.8 Å². The number of aromatic nitrogens is 4. The molecule has 0 amide bonds. The Morgan fingerprint density at radius 1 is 0.868 bits per heavy atom. The highest BCUT2D eigenvalue weighted by atomic mass is 19.4. The molecule has 3 N–H and O–H groups in total. The number of aliphatic carboxylic acids is 2. The number of H-pyrrole nitrogens is 1. The van der Waals surface area contributed by atoms with Gasteiger partial charge in [-0.1, -0.05) is 12.1 Å². The first-order valence-electron chi connectivity index (χ1n) is 11.1. The number of piperazine rings is 1. The third-order valence-corrected chi connectivity index (χ3v) is 5.02. The molecule has 208 valence electrons. The second-order valence-corrected chi connectivity index (χ2v) is 7.79. The number of carboxylic acid groups (broad SMARTS) is 2. The Labute approximate surface area is 211 Å². The number of nitrogens with zero attached hydrogens (tertiary/aromatic N) is 5. The van der Waals surface area contributed by atoms with E-state index < -0.39 is 24.3 Å². The summed E-state index contributed by atoms with van der Waals surface area (Å²) in [4.78, 5) is 39.3. The summed E-state index contributed by atoms with van der Waals surface area (Å²) in [6, 6.07) is 10.1. The van der Waals surface area contributed by atoms with Crippen LogP contribution < -0.4 is 4.90 Å². The predicted octanol–water partition coefficient (Wildman–Crippen LogP) is 3.37. The molecule has 1 aliphatic heterocycles. The Morgan fingerprint density at radius 3 is 1.89 bits per heavy atom. The third-order valence-electron chi connectivity index (χ3n) is 5.02. The summed E-state index contributed by atoms with van der Waals surface area (Å²) in [6.45, 7) is 5.24. The third kappa shape index (κ3) is 10.2. The fraction of sp³-hybridized carbons (Fsp3) is 0.409. The van der Waals surface area contributed by atoms with Crippen LogP contribution in [0.4, 0.5) is 32.3 Å². The molecule has 1 aliphatic rings. The van der Waals surface area contributed by atoms with Gasteiger partial charge in [-0.15, -0.1) is 0 Å². The minimum atomic E-state index is -5.08. The van der Waals surface area contributed by atoms with Gasteiger partial charge >= 0.3 is 24.3 Å². The van der Waals surface area contributed by atoms with E-state index in [1.165, 1.54) is 0 Å². The molecule has 2 aromatic heterocycles. The molecule has 3 heterocycles. The molecular weight excluding hydrogens is 526 g/mol. The summed E-state index contributed by atoms with van der Waals surface area (Å²) in [7, 11) is 0. The minimum Gasteiger partial charge on any atom is -0.475 e. The summed E-state index contributed by atoms with van der Waals surface area (Å²) in [5, 5.41) is 14.2. The summed E-state index contributed by atoms with van der Waals surface area (Å²) in [5.74, 6) is -3.58. The van der Waals surface area contributed by atoms with Crippen LogP contribution in [0.2, 0.25) is 0 Å². The van der Waals surface area contributed by atoms with E-state index >= 15 is 0 Å². The lowest BCUT2D eigenvalue weighted by molar-refractivity contribution is -0.193. The zero-order chi connectivity index (χ0) is 28.3. The highest BCUT2D eigenvalue weighted by Gasteiger charge is 2.38. The van der Waals surface area contributed by atoms with E-state index in [2.05, 4.69) is 41.9 Å². The average Bonchev–Trinajstić information content (AvgIpc) is 3.27. The minimum absolute atomic E-state index is 0.847. The van der Waals surface area contributed by atoms with E-state index in [0.717, 1.165) is 68.4 Å². The predicted molar refractivity (Wildman–Crippen MR) is 122 cm³/mol. The Hall–Kier alpha value is -3.95. The first-order valence-corrected chi connectivity index (χ1v) is 11.1. The molecule has 0 aliphatic carbocycles. The average molecular weight is 550 g/mol. The summed E-state index contributed by atoms with van der Waals surface area (Å²) < 4.78 is 63.5. The highest BCUT2D eigenvalue weighted by Crippen LogP contribution is 2.14. The maximum Gasteiger partial charge on any atom is 0.490 e. The SMILES string of the molecule is O=C(O)C(F)(F)F.O=C(O)C(F)(F)F.c1cnc(N2CCN(CCCc3nc4ccccc4[nH]3)CC2)nc1. The van der Waals surface area contributed by atoms with Crippen molar-refractivity contribution in [2.24, 2.45) is 0 Å². The van der Waals surface area contributed by atoms with Crippen molar-refractivity contribution in [1.82, 2.24) is 24.8 Å². The molecule has 0 spiro atoms. The van der Waals surface area contributed by atoms with Crippen LogP contribution in [0.15, 0.2) is 42.7 Å². The molecule has 1 fully saturated rings. The van der Waals surface area contributed by atoms with Gasteiger partial charge in [0.2, 0.25) is 5.95 Å². The number of halogens is 6. The molecule has 0 unspecified atom stereocenters. The van der Waals surface area contributed by atoms with Crippen molar-refractivity contribution < 1.29 is 46.1 Å². The quantitative estimate of drug-likeness (QED) is 0.409. The molecule has 10 nitrogen and oxygen atoms in total. The first kappa shape index (κ1) is 30.3. The fourth-order valence-corrected chi connectivity index (χ4v) is 3.22. The summed E-state index contributed by atoms with van der Waals surface area (Å²) in [5.41, 5.74) is 2.19. The fourth-order valence-electron chi connectivity index (χ4n) is 3.22. The number of para-hydroxylation sites is 2. The number of rotatable bonds is 5. The van der Waals surface area contributed by atoms with Crippen molar-refractivity contribution >= 4 is 28.9 Å². The standard InChI is InChI=1S/C18H22N6.2C2HF3O2/c1-2-6-16-15(5-1)21-17(22-16)7-3-10-23-11-13-24(14-12-23)18-19-8-4-9-20-18;2*3-2(4,5)1(6)7/h1-2,4-6,8-9H,3,7,10-14H2,(H,21,22);2*(H,6,7). The molecule has 0 atom stereocenters. The molecule has 1 saturated heterocycles. The van der Waals surface area contributed by atoms with E-state index in [9.17, 15) is 26.3 Å². The van der Waals surface area contributed by atoms with Gasteiger partial charge in [-0.25, -0.2) is 24.5 Å². The van der Waals surface area contributed by atoms with Crippen LogP contribution in [0, 0.1) is 0 Å². The zero-order valence-electron chi connectivity index (χ0n) is 19.7. The molecule has 0 radical (unpaired) electrons. The molecule has 16 heteroatoms. The van der Waals surface area contributed by atoms with Crippen molar-refractivity contribution in [2.45, 2.75) is 25.2 Å². The van der Waals surface area contributed by atoms with Gasteiger partial charge in [-0.05, 0) is 31.2 Å². The second kappa shape index (κ2) is 13.6. The summed E-state index contributed by atoms with van der Waals surface area (Å²) >= 11 is 0. The molecule has 4 rings (SSSR count). The monoisotopic (exact) mass is 550 g/mol. The van der Waals surface area contributed by atoms with Crippen LogP contribution in [-0.2, 0) is 16.0 Å². The molecule has 0 bridgehead atoms. The lowest BCUT2D eigenvalue weighted by Gasteiger charge is -2.34. The number of hydrogen-bond donors (Lipinski definition) is 3. The molecule has 0 saturated carbocycles. The number of nitrogens with one attached hydrogen (secondary N) is 1. The molecule has 3 aromatic rings. The number of carbonyl (C=O) groups is 2. The number of aryl methyl sites for hydroxylation is 1. The van der Waals surface area contributed by atoms with E-state index in [0.29, 0.717) is 0 Å². The van der Waals surface area contributed by atoms with Crippen LogP contribution in [0.3, 0.4) is 0 Å². The van der Waals surface area contributed by atoms with Crippen LogP contribution in [0.5, 0.6) is 0 Å². The van der Waals surface area contributed by atoms with E-state index in [1.54, 1.807) is 0 Å². The maximum absolute atomic E-state index is 10.6. The number of alkyl halides is 6. The zero-order valence-corrected chi connectivity index (χ0v) is 19.7. The summed E-state index contributed by atoms with van der Waals surface area (Å²) in [6.07, 6.45) is -4.43. The van der Waals surface area contributed by atoms with Gasteiger partial charge in [0.05, 0.1) is 11.0 Å². The van der Waals surface area contributed by atoms with Gasteiger partial charge in [-0.2, -0.15) is 26.3 Å². The van der Waals surface area contributed by atoms with Crippen LogP contribution >= 0.6 is 0 Å². The largest absolute Gasteiger partial charge is 0.490 e. The normalized spacial score (nSPS) is 14.2. The smallest absolute Gasteiger partial charge is 0.475 e. The number of fused-ring (bicyclic) bond motifs is 1. The maximum atomic E-state index is 10.6. The van der Waals surface area contributed by atoms with Gasteiger partial charge in [0.1, 0.15) is 5.82 Å². The van der Waals surface area contributed by atoms with Gasteiger partial charge in [-0.3, -0.25) is 4.90 Å². The topological polar surface area (TPSA) is 136 Å². The number of anilines is 1. The van der Waals surface area contributed by atoms with E-state index in [-0.39, 0.29) is 0 Å². The van der Waals surface area contributed by atoms with Crippen molar-refractivity contribution in [3.05, 3.63) is 48.5 Å². The van der Waals surface area contributed by atoms with Crippen molar-refractivity contribution in [3.8, 4) is 0 Å². The lowest BCUT2D eigenvalue weighted by Crippen LogP contribution is -2.47. The van der Waals surface area contributed by atoms with Gasteiger partial charge in [0.25, 0.3) is 0 Å². The van der Waals surface area contributed by atoms with Crippen molar-refractivity contribution in [1.29, 1.82) is 0 Å². The van der Waals surface area contributed by atoms with E-state index in [1.807, 2.05) is 30.6 Å². The number of imidazole rings is 1. The Balaban J connectivity index is 0.000000301. The first-order chi connectivity index (χ1) is 17.8. The number of benzene rings is 1. The molecule has 38 heavy (non-hydrogen) atoms. The van der Waals surface area contributed by atoms with Gasteiger partial charge < -0.3 is 20.1 Å². The molecular formula is C22H24F6N6O4. The number of aromatic amines is 1. The highest BCUT2D eigenvalue weighted by molar-refractivity contribution is 5.74. The Kier molecular flexibility index (Phi) is 10.8. The molecule has 1 aromatic carbocycles. The lowest BCUT2D eigenvalue weighted by atomic mass is 10.2. The van der Waals surface area contributed by atoms with Crippen molar-refractivity contribution in [2.75, 3.05) is 37.6 Å². The van der Waals surface area contributed by atoms with Gasteiger partial charge in [0.15, 0.2) is 0 Å². The number of hydrogen-bond acceptors (Lipinski definition) is 7. The number of carboxylic acids is 2.